The normalized spacial score (nSPS) is 15.1. The third-order valence-corrected chi connectivity index (χ3v) is 4.77. The van der Waals surface area contributed by atoms with Crippen molar-refractivity contribution >= 4 is 17.5 Å². The van der Waals surface area contributed by atoms with Gasteiger partial charge in [-0.2, -0.15) is 0 Å². The van der Waals surface area contributed by atoms with Crippen LogP contribution in [0, 0.1) is 6.92 Å². The highest BCUT2D eigenvalue weighted by Crippen LogP contribution is 2.19. The van der Waals surface area contributed by atoms with Crippen LogP contribution >= 0.6 is 0 Å². The number of rotatable bonds is 5. The third kappa shape index (κ3) is 3.96. The maximum Gasteiger partial charge on any atom is 0.289 e. The number of carbonyl (C=O) groups is 2. The van der Waals surface area contributed by atoms with E-state index in [0.29, 0.717) is 45.0 Å². The first-order valence-electron chi connectivity index (χ1n) is 9.01. The molecule has 6 heteroatoms. The summed E-state index contributed by atoms with van der Waals surface area (Å²) in [4.78, 5) is 30.8. The van der Waals surface area contributed by atoms with Crippen LogP contribution < -0.4 is 4.90 Å². The number of furan rings is 1. The van der Waals surface area contributed by atoms with Gasteiger partial charge in [0.1, 0.15) is 0 Å². The predicted molar refractivity (Wildman–Crippen MR) is 100 cm³/mol. The Balaban J connectivity index is 1.56. The predicted octanol–water partition coefficient (Wildman–Crippen LogP) is 2.40. The Bertz CT molecular complexity index is 749. The van der Waals surface area contributed by atoms with Gasteiger partial charge in [0.05, 0.1) is 12.8 Å². The molecule has 3 rings (SSSR count). The molecule has 0 bridgehead atoms. The second kappa shape index (κ2) is 8.19. The van der Waals surface area contributed by atoms with Crippen molar-refractivity contribution in [2.24, 2.45) is 0 Å². The Morgan fingerprint density at radius 3 is 2.42 bits per heavy atom. The number of amides is 2. The van der Waals surface area contributed by atoms with Gasteiger partial charge in [-0.05, 0) is 37.6 Å². The van der Waals surface area contributed by atoms with Gasteiger partial charge < -0.3 is 14.2 Å². The molecule has 2 heterocycles. The number of benzene rings is 1. The molecule has 0 unspecified atom stereocenters. The van der Waals surface area contributed by atoms with Crippen molar-refractivity contribution in [2.75, 3.05) is 44.2 Å². The van der Waals surface area contributed by atoms with E-state index in [1.807, 2.05) is 43.0 Å². The molecule has 0 aliphatic carbocycles. The van der Waals surface area contributed by atoms with Crippen LogP contribution in [0.3, 0.4) is 0 Å². The van der Waals surface area contributed by atoms with Crippen LogP contribution in [-0.2, 0) is 4.79 Å². The van der Waals surface area contributed by atoms with Gasteiger partial charge in [0.15, 0.2) is 5.76 Å². The fraction of sp³-hybridized carbons (Fsp3) is 0.400. The van der Waals surface area contributed by atoms with E-state index in [1.165, 1.54) is 6.26 Å². The van der Waals surface area contributed by atoms with Gasteiger partial charge in [0, 0.05) is 38.4 Å². The Hall–Kier alpha value is -2.60. The lowest BCUT2D eigenvalue weighted by atomic mass is 10.1. The van der Waals surface area contributed by atoms with Crippen LogP contribution in [0.25, 0.3) is 0 Å². The molecule has 2 amide bonds. The number of hydrogen-bond acceptors (Lipinski definition) is 4. The molecule has 0 N–H and O–H groups in total. The van der Waals surface area contributed by atoms with Gasteiger partial charge in [-0.15, -0.1) is 0 Å². The lowest BCUT2D eigenvalue weighted by Gasteiger charge is -2.35. The summed E-state index contributed by atoms with van der Waals surface area (Å²) in [5.41, 5.74) is 2.06. The van der Waals surface area contributed by atoms with Gasteiger partial charge in [-0.3, -0.25) is 14.5 Å². The van der Waals surface area contributed by atoms with Gasteiger partial charge in [-0.25, -0.2) is 0 Å². The Kier molecular flexibility index (Phi) is 5.73. The average Bonchev–Trinajstić information content (AvgIpc) is 3.19. The van der Waals surface area contributed by atoms with E-state index in [9.17, 15) is 9.59 Å². The van der Waals surface area contributed by atoms with E-state index in [2.05, 4.69) is 4.90 Å². The number of para-hydroxylation sites is 1. The maximum atomic E-state index is 12.8. The van der Waals surface area contributed by atoms with E-state index >= 15 is 0 Å². The highest BCUT2D eigenvalue weighted by Gasteiger charge is 2.26. The highest BCUT2D eigenvalue weighted by atomic mass is 16.3. The minimum Gasteiger partial charge on any atom is -0.459 e. The van der Waals surface area contributed by atoms with Crippen LogP contribution in [0.1, 0.15) is 23.0 Å². The van der Waals surface area contributed by atoms with Gasteiger partial charge in [0.25, 0.3) is 5.91 Å². The molecule has 0 saturated carbocycles. The van der Waals surface area contributed by atoms with Crippen molar-refractivity contribution in [3.8, 4) is 0 Å². The van der Waals surface area contributed by atoms with Gasteiger partial charge in [0.2, 0.25) is 5.91 Å². The minimum absolute atomic E-state index is 0.0870. The maximum absolute atomic E-state index is 12.8. The summed E-state index contributed by atoms with van der Waals surface area (Å²) in [6.07, 6.45) is 1.51. The van der Waals surface area contributed by atoms with Crippen LogP contribution in [-0.4, -0.2) is 60.9 Å². The number of anilines is 1. The quantitative estimate of drug-likeness (QED) is 0.826. The minimum atomic E-state index is -0.0870. The largest absolute Gasteiger partial charge is 0.459 e. The summed E-state index contributed by atoms with van der Waals surface area (Å²) < 4.78 is 5.18. The van der Waals surface area contributed by atoms with Crippen molar-refractivity contribution in [3.05, 3.63) is 54.0 Å². The van der Waals surface area contributed by atoms with Crippen LogP contribution in [0.15, 0.2) is 47.1 Å². The van der Waals surface area contributed by atoms with Gasteiger partial charge in [-0.1, -0.05) is 18.2 Å². The molecule has 1 aliphatic heterocycles. The van der Waals surface area contributed by atoms with Crippen molar-refractivity contribution < 1.29 is 14.0 Å². The number of likely N-dealkylation sites (N-methyl/N-ethyl adjacent to an activating group) is 1. The molecular weight excluding hydrogens is 330 g/mol. The lowest BCUT2D eigenvalue weighted by molar-refractivity contribution is -0.120. The standard InChI is InChI=1S/C20H25N3O3/c1-3-23(17-8-5-4-7-16(17)2)19(24)15-21-10-12-22(13-11-21)20(25)18-9-6-14-26-18/h4-9,14H,3,10-13,15H2,1-2H3. The summed E-state index contributed by atoms with van der Waals surface area (Å²) >= 11 is 0. The fourth-order valence-electron chi connectivity index (χ4n) is 3.29. The first kappa shape index (κ1) is 18.2. The number of nitrogens with zero attached hydrogens (tertiary/aromatic N) is 3. The molecule has 1 aromatic carbocycles. The molecule has 2 aromatic rings. The summed E-state index contributed by atoms with van der Waals surface area (Å²) in [6.45, 7) is 7.58. The summed E-state index contributed by atoms with van der Waals surface area (Å²) in [7, 11) is 0. The van der Waals surface area contributed by atoms with Crippen molar-refractivity contribution in [3.63, 3.8) is 0 Å². The fourth-order valence-corrected chi connectivity index (χ4v) is 3.29. The Labute approximate surface area is 154 Å². The molecule has 1 aromatic heterocycles. The molecule has 0 atom stereocenters. The SMILES string of the molecule is CCN(C(=O)CN1CCN(C(=O)c2ccco2)CC1)c1ccccc1C. The van der Waals surface area contributed by atoms with Gasteiger partial charge >= 0.3 is 0 Å². The smallest absolute Gasteiger partial charge is 0.289 e. The number of hydrogen-bond donors (Lipinski definition) is 0. The number of carbonyl (C=O) groups excluding carboxylic acids is 2. The van der Waals surface area contributed by atoms with Crippen LogP contribution in [0.2, 0.25) is 0 Å². The zero-order valence-corrected chi connectivity index (χ0v) is 15.4. The molecule has 1 aliphatic rings. The van der Waals surface area contributed by atoms with Crippen LogP contribution in [0.5, 0.6) is 0 Å². The van der Waals surface area contributed by atoms with E-state index in [4.69, 9.17) is 4.42 Å². The summed E-state index contributed by atoms with van der Waals surface area (Å²) in [5.74, 6) is 0.370. The Morgan fingerprint density at radius 2 is 1.81 bits per heavy atom. The molecule has 1 fully saturated rings. The van der Waals surface area contributed by atoms with E-state index in [0.717, 1.165) is 11.3 Å². The monoisotopic (exact) mass is 355 g/mol. The average molecular weight is 355 g/mol. The molecule has 6 nitrogen and oxygen atoms in total. The van der Waals surface area contributed by atoms with Crippen molar-refractivity contribution in [1.29, 1.82) is 0 Å². The number of piperazine rings is 1. The van der Waals surface area contributed by atoms with Crippen LogP contribution in [0.4, 0.5) is 5.69 Å². The zero-order chi connectivity index (χ0) is 18.5. The first-order valence-corrected chi connectivity index (χ1v) is 9.01. The Morgan fingerprint density at radius 1 is 1.08 bits per heavy atom. The molecule has 1 saturated heterocycles. The summed E-state index contributed by atoms with van der Waals surface area (Å²) in [6, 6.07) is 11.3. The molecule has 138 valence electrons. The second-order valence-electron chi connectivity index (χ2n) is 6.47. The molecule has 0 radical (unpaired) electrons. The van der Waals surface area contributed by atoms with E-state index in [1.54, 1.807) is 17.0 Å². The van der Waals surface area contributed by atoms with E-state index in [-0.39, 0.29) is 11.8 Å². The van der Waals surface area contributed by atoms with Crippen molar-refractivity contribution in [1.82, 2.24) is 9.80 Å². The highest BCUT2D eigenvalue weighted by molar-refractivity contribution is 5.95. The zero-order valence-electron chi connectivity index (χ0n) is 15.4. The van der Waals surface area contributed by atoms with E-state index < -0.39 is 0 Å². The second-order valence-corrected chi connectivity index (χ2v) is 6.47. The molecule has 0 spiro atoms. The topological polar surface area (TPSA) is 57.0 Å². The number of aryl methyl sites for hydroxylation is 1. The molecular formula is C20H25N3O3. The molecule has 26 heavy (non-hydrogen) atoms. The summed E-state index contributed by atoms with van der Waals surface area (Å²) in [5, 5.41) is 0. The lowest BCUT2D eigenvalue weighted by Crippen LogP contribution is -2.51. The first-order chi connectivity index (χ1) is 12.6. The van der Waals surface area contributed by atoms with Crippen molar-refractivity contribution in [2.45, 2.75) is 13.8 Å². The third-order valence-electron chi connectivity index (χ3n) is 4.77.